The Labute approximate surface area is 228 Å². The maximum Gasteiger partial charge on any atom is 0.301 e. The Balaban J connectivity index is 1.73. The van der Waals surface area contributed by atoms with Crippen LogP contribution in [-0.2, 0) is 9.59 Å². The SMILES string of the molecule is CCOc1ccc(C(O)=C2C(=O)C(=O)N(c3nc4ccc(F)cc4s3)C2c2cc(Br)c(O)c(OC)c2)cc1. The molecule has 1 saturated heterocycles. The zero-order valence-corrected chi connectivity index (χ0v) is 22.5. The van der Waals surface area contributed by atoms with E-state index in [-0.39, 0.29) is 26.7 Å². The van der Waals surface area contributed by atoms with Gasteiger partial charge >= 0.3 is 5.91 Å². The minimum Gasteiger partial charge on any atom is -0.507 e. The molecule has 1 aliphatic heterocycles. The summed E-state index contributed by atoms with van der Waals surface area (Å²) in [4.78, 5) is 32.5. The van der Waals surface area contributed by atoms with Crippen molar-refractivity contribution in [2.24, 2.45) is 0 Å². The van der Waals surface area contributed by atoms with E-state index in [2.05, 4.69) is 20.9 Å². The van der Waals surface area contributed by atoms with Crippen LogP contribution in [0, 0.1) is 5.82 Å². The molecule has 1 atom stereocenters. The van der Waals surface area contributed by atoms with Gasteiger partial charge in [0.1, 0.15) is 17.3 Å². The molecule has 0 spiro atoms. The van der Waals surface area contributed by atoms with Gasteiger partial charge in [-0.15, -0.1) is 0 Å². The van der Waals surface area contributed by atoms with Crippen LogP contribution in [0.4, 0.5) is 9.52 Å². The van der Waals surface area contributed by atoms with Crippen molar-refractivity contribution in [2.45, 2.75) is 13.0 Å². The van der Waals surface area contributed by atoms with Crippen molar-refractivity contribution in [3.63, 3.8) is 0 Å². The van der Waals surface area contributed by atoms with Gasteiger partial charge in [-0.1, -0.05) is 11.3 Å². The summed E-state index contributed by atoms with van der Waals surface area (Å²) in [6.45, 7) is 2.30. The summed E-state index contributed by atoms with van der Waals surface area (Å²) in [7, 11) is 1.37. The monoisotopic (exact) mass is 598 g/mol. The second-order valence-corrected chi connectivity index (χ2v) is 10.2. The number of methoxy groups -OCH3 is 1. The first-order chi connectivity index (χ1) is 18.2. The molecule has 2 heterocycles. The van der Waals surface area contributed by atoms with Gasteiger partial charge in [-0.2, -0.15) is 0 Å². The van der Waals surface area contributed by atoms with Gasteiger partial charge < -0.3 is 19.7 Å². The lowest BCUT2D eigenvalue weighted by molar-refractivity contribution is -0.132. The average Bonchev–Trinajstić information content (AvgIpc) is 3.43. The number of phenolic OH excluding ortho intramolecular Hbond substituents is 1. The van der Waals surface area contributed by atoms with Crippen LogP contribution in [0.5, 0.6) is 17.2 Å². The standard InChI is InChI=1S/C27H20BrFN2O6S/c1-3-37-16-7-4-13(5-8-16)23(32)21-22(14-10-17(28)24(33)19(11-14)36-2)31(26(35)25(21)34)27-30-18-9-6-15(29)12-20(18)38-27/h4-12,22,32-33H,3H2,1-2H3. The first-order valence-corrected chi connectivity index (χ1v) is 13.0. The largest absolute Gasteiger partial charge is 0.507 e. The molecule has 2 N–H and O–H groups in total. The third-order valence-electron chi connectivity index (χ3n) is 6.01. The Hall–Kier alpha value is -3.96. The summed E-state index contributed by atoms with van der Waals surface area (Å²) in [5, 5.41) is 21.8. The Kier molecular flexibility index (Phi) is 6.80. The van der Waals surface area contributed by atoms with Crippen LogP contribution in [0.2, 0.25) is 0 Å². The molecular formula is C27H20BrFN2O6S. The van der Waals surface area contributed by atoms with E-state index in [4.69, 9.17) is 9.47 Å². The summed E-state index contributed by atoms with van der Waals surface area (Å²) < 4.78 is 25.3. The second-order valence-electron chi connectivity index (χ2n) is 8.29. The molecule has 3 aromatic carbocycles. The van der Waals surface area contributed by atoms with Gasteiger partial charge in [-0.05, 0) is 83.0 Å². The van der Waals surface area contributed by atoms with Gasteiger partial charge in [0.2, 0.25) is 0 Å². The van der Waals surface area contributed by atoms with E-state index >= 15 is 0 Å². The highest BCUT2D eigenvalue weighted by molar-refractivity contribution is 9.10. The van der Waals surface area contributed by atoms with Gasteiger partial charge in [0, 0.05) is 5.56 Å². The minimum absolute atomic E-state index is 0.0902. The number of carbonyl (C=O) groups excluding carboxylic acids is 2. The van der Waals surface area contributed by atoms with Crippen LogP contribution in [0.1, 0.15) is 24.1 Å². The third kappa shape index (κ3) is 4.37. The topological polar surface area (TPSA) is 109 Å². The number of aliphatic hydroxyl groups is 1. The van der Waals surface area contributed by atoms with Gasteiger partial charge in [0.15, 0.2) is 16.6 Å². The number of ether oxygens (including phenoxy) is 2. The molecule has 194 valence electrons. The van der Waals surface area contributed by atoms with Crippen LogP contribution < -0.4 is 14.4 Å². The molecule has 5 rings (SSSR count). The lowest BCUT2D eigenvalue weighted by Gasteiger charge is -2.24. The second kappa shape index (κ2) is 10.1. The molecule has 11 heteroatoms. The van der Waals surface area contributed by atoms with Crippen molar-refractivity contribution in [3.05, 3.63) is 81.6 Å². The summed E-state index contributed by atoms with van der Waals surface area (Å²) in [6, 6.07) is 12.4. The first kappa shape index (κ1) is 25.7. The van der Waals surface area contributed by atoms with E-state index in [1.54, 1.807) is 24.3 Å². The van der Waals surface area contributed by atoms with Crippen molar-refractivity contribution in [3.8, 4) is 17.2 Å². The Bertz CT molecular complexity index is 1620. The summed E-state index contributed by atoms with van der Waals surface area (Å²) in [6.07, 6.45) is 0. The molecule has 8 nitrogen and oxygen atoms in total. The van der Waals surface area contributed by atoms with Crippen molar-refractivity contribution in [2.75, 3.05) is 18.6 Å². The normalized spacial score (nSPS) is 16.8. The molecule has 38 heavy (non-hydrogen) atoms. The van der Waals surface area contributed by atoms with Crippen LogP contribution >= 0.6 is 27.3 Å². The zero-order chi connectivity index (χ0) is 27.1. The molecule has 0 saturated carbocycles. The van der Waals surface area contributed by atoms with Crippen LogP contribution in [0.3, 0.4) is 0 Å². The fourth-order valence-corrected chi connectivity index (χ4v) is 5.75. The van der Waals surface area contributed by atoms with Crippen molar-refractivity contribution >= 4 is 60.1 Å². The molecule has 0 bridgehead atoms. The molecule has 4 aromatic rings. The fraction of sp³-hybridized carbons (Fsp3) is 0.148. The van der Waals surface area contributed by atoms with E-state index in [9.17, 15) is 24.2 Å². The Morgan fingerprint density at radius 2 is 1.89 bits per heavy atom. The van der Waals surface area contributed by atoms with Gasteiger partial charge in [-0.25, -0.2) is 9.37 Å². The summed E-state index contributed by atoms with van der Waals surface area (Å²) >= 11 is 4.32. The van der Waals surface area contributed by atoms with Crippen LogP contribution in [-0.4, -0.2) is 40.6 Å². The molecule has 1 aliphatic rings. The van der Waals surface area contributed by atoms with Gasteiger partial charge in [0.05, 0.1) is 40.0 Å². The number of aliphatic hydroxyl groups excluding tert-OH is 1. The number of hydrogen-bond donors (Lipinski definition) is 2. The summed E-state index contributed by atoms with van der Waals surface area (Å²) in [5.74, 6) is -2.19. The number of anilines is 1. The van der Waals surface area contributed by atoms with Gasteiger partial charge in [-0.3, -0.25) is 14.5 Å². The Morgan fingerprint density at radius 1 is 1.16 bits per heavy atom. The number of aromatic hydroxyl groups is 1. The number of nitrogens with zero attached hydrogens (tertiary/aromatic N) is 2. The van der Waals surface area contributed by atoms with Crippen LogP contribution in [0.15, 0.2) is 64.6 Å². The molecule has 1 amide bonds. The maximum absolute atomic E-state index is 13.9. The van der Waals surface area contributed by atoms with E-state index in [1.165, 1.54) is 42.3 Å². The van der Waals surface area contributed by atoms with Crippen molar-refractivity contribution in [1.29, 1.82) is 0 Å². The molecule has 1 aromatic heterocycles. The highest BCUT2D eigenvalue weighted by atomic mass is 79.9. The maximum atomic E-state index is 13.9. The molecule has 1 unspecified atom stereocenters. The zero-order valence-electron chi connectivity index (χ0n) is 20.1. The number of fused-ring (bicyclic) bond motifs is 1. The highest BCUT2D eigenvalue weighted by Crippen LogP contribution is 2.47. The number of carbonyl (C=O) groups is 2. The lowest BCUT2D eigenvalue weighted by atomic mass is 9.95. The van der Waals surface area contributed by atoms with E-state index < -0.39 is 29.3 Å². The summed E-state index contributed by atoms with van der Waals surface area (Å²) in [5.41, 5.74) is 0.934. The number of Topliss-reactive ketones (excluding diaryl/α,β-unsaturated/α-hetero) is 1. The minimum atomic E-state index is -1.13. The molecular weight excluding hydrogens is 579 g/mol. The fourth-order valence-electron chi connectivity index (χ4n) is 4.27. The molecule has 1 fully saturated rings. The van der Waals surface area contributed by atoms with Gasteiger partial charge in [0.25, 0.3) is 5.78 Å². The number of thiazole rings is 1. The number of benzene rings is 3. The quantitative estimate of drug-likeness (QED) is 0.161. The molecule has 0 aliphatic carbocycles. The lowest BCUT2D eigenvalue weighted by Crippen LogP contribution is -2.29. The van der Waals surface area contributed by atoms with E-state index in [0.717, 1.165) is 11.3 Å². The number of ketones is 1. The molecule has 0 radical (unpaired) electrons. The number of hydrogen-bond acceptors (Lipinski definition) is 8. The predicted octanol–water partition coefficient (Wildman–Crippen LogP) is 5.94. The Morgan fingerprint density at radius 3 is 2.58 bits per heavy atom. The first-order valence-electron chi connectivity index (χ1n) is 11.4. The number of aromatic nitrogens is 1. The van der Waals surface area contributed by atoms with Crippen molar-refractivity contribution < 1.29 is 33.7 Å². The van der Waals surface area contributed by atoms with E-state index in [1.807, 2.05) is 6.92 Å². The highest BCUT2D eigenvalue weighted by Gasteiger charge is 2.48. The third-order valence-corrected chi connectivity index (χ3v) is 7.64. The van der Waals surface area contributed by atoms with Crippen molar-refractivity contribution in [1.82, 2.24) is 4.98 Å². The number of phenols is 1. The number of halogens is 2. The van der Waals surface area contributed by atoms with Crippen LogP contribution in [0.25, 0.3) is 16.0 Å². The predicted molar refractivity (Wildman–Crippen MR) is 144 cm³/mol. The van der Waals surface area contributed by atoms with E-state index in [0.29, 0.717) is 33.7 Å². The smallest absolute Gasteiger partial charge is 0.301 e. The number of rotatable bonds is 6. The number of amides is 1. The average molecular weight is 599 g/mol.